The molecule has 110 valence electrons. The van der Waals surface area contributed by atoms with E-state index in [4.69, 9.17) is 5.26 Å². The lowest BCUT2D eigenvalue weighted by molar-refractivity contribution is -0.274. The summed E-state index contributed by atoms with van der Waals surface area (Å²) in [5, 5.41) is 8.79. The van der Waals surface area contributed by atoms with Gasteiger partial charge in [-0.2, -0.15) is 5.26 Å². The summed E-state index contributed by atoms with van der Waals surface area (Å²) in [6.45, 7) is 5.81. The maximum Gasteiger partial charge on any atom is 0.573 e. The van der Waals surface area contributed by atoms with Gasteiger partial charge in [-0.1, -0.05) is 19.1 Å². The Bertz CT molecular complexity index is 451. The van der Waals surface area contributed by atoms with Crippen LogP contribution in [0, 0.1) is 17.2 Å². The van der Waals surface area contributed by atoms with Crippen LogP contribution in [-0.4, -0.2) is 24.4 Å². The third kappa shape index (κ3) is 5.93. The molecule has 1 rings (SSSR count). The molecule has 0 aromatic heterocycles. The Morgan fingerprint density at radius 2 is 1.90 bits per heavy atom. The summed E-state index contributed by atoms with van der Waals surface area (Å²) in [5.41, 5.74) is 0.881. The van der Waals surface area contributed by atoms with Gasteiger partial charge in [-0.05, 0) is 31.2 Å². The van der Waals surface area contributed by atoms with Crippen LogP contribution in [0.5, 0.6) is 5.75 Å². The van der Waals surface area contributed by atoms with Gasteiger partial charge in [0.1, 0.15) is 5.75 Å². The summed E-state index contributed by atoms with van der Waals surface area (Å²) < 4.78 is 39.9. The average molecular weight is 286 g/mol. The molecule has 0 saturated heterocycles. The van der Waals surface area contributed by atoms with E-state index in [9.17, 15) is 13.2 Å². The van der Waals surface area contributed by atoms with Gasteiger partial charge in [0.25, 0.3) is 0 Å². The number of alkyl halides is 3. The van der Waals surface area contributed by atoms with E-state index in [-0.39, 0.29) is 11.7 Å². The standard InChI is InChI=1S/C14H17F3N2O/c1-3-19(9-11(2)8-18)10-12-4-6-13(7-5-12)20-14(15,16)17/h4-7,11H,3,9-10H2,1-2H3. The van der Waals surface area contributed by atoms with Gasteiger partial charge in [0.15, 0.2) is 0 Å². The van der Waals surface area contributed by atoms with E-state index in [1.54, 1.807) is 12.1 Å². The van der Waals surface area contributed by atoms with Gasteiger partial charge >= 0.3 is 6.36 Å². The molecule has 0 heterocycles. The zero-order chi connectivity index (χ0) is 15.2. The first-order valence-electron chi connectivity index (χ1n) is 6.30. The Labute approximate surface area is 116 Å². The second-order valence-corrected chi connectivity index (χ2v) is 4.55. The van der Waals surface area contributed by atoms with Crippen molar-refractivity contribution in [1.82, 2.24) is 4.90 Å². The van der Waals surface area contributed by atoms with Gasteiger partial charge in [0.05, 0.1) is 12.0 Å². The molecule has 0 aliphatic heterocycles. The van der Waals surface area contributed by atoms with Crippen molar-refractivity contribution in [2.75, 3.05) is 13.1 Å². The van der Waals surface area contributed by atoms with Crippen molar-refractivity contribution in [2.45, 2.75) is 26.8 Å². The molecule has 0 aliphatic carbocycles. The predicted octanol–water partition coefficient (Wildman–Crippen LogP) is 3.57. The fraction of sp³-hybridized carbons (Fsp3) is 0.500. The van der Waals surface area contributed by atoms with E-state index in [0.29, 0.717) is 13.1 Å². The molecule has 3 nitrogen and oxygen atoms in total. The maximum atomic E-state index is 12.0. The number of halogens is 3. The molecule has 0 bridgehead atoms. The number of nitriles is 1. The topological polar surface area (TPSA) is 36.3 Å². The highest BCUT2D eigenvalue weighted by molar-refractivity contribution is 5.27. The minimum Gasteiger partial charge on any atom is -0.406 e. The van der Waals surface area contributed by atoms with E-state index < -0.39 is 6.36 Å². The minimum absolute atomic E-state index is 0.0808. The molecule has 0 spiro atoms. The van der Waals surface area contributed by atoms with Crippen molar-refractivity contribution >= 4 is 0 Å². The largest absolute Gasteiger partial charge is 0.573 e. The van der Waals surface area contributed by atoms with Gasteiger partial charge in [-0.3, -0.25) is 4.90 Å². The molecule has 6 heteroatoms. The van der Waals surface area contributed by atoms with E-state index >= 15 is 0 Å². The van der Waals surface area contributed by atoms with Crippen molar-refractivity contribution in [3.05, 3.63) is 29.8 Å². The quantitative estimate of drug-likeness (QED) is 0.802. The van der Waals surface area contributed by atoms with E-state index in [2.05, 4.69) is 15.7 Å². The molecule has 0 fully saturated rings. The molecule has 0 amide bonds. The van der Waals surface area contributed by atoms with Crippen LogP contribution in [0.2, 0.25) is 0 Å². The van der Waals surface area contributed by atoms with Gasteiger partial charge in [-0.15, -0.1) is 13.2 Å². The second kappa shape index (κ2) is 7.15. The van der Waals surface area contributed by atoms with Crippen molar-refractivity contribution in [3.63, 3.8) is 0 Å². The minimum atomic E-state index is -4.67. The Kier molecular flexibility index (Phi) is 5.83. The molecule has 1 unspecified atom stereocenters. The van der Waals surface area contributed by atoms with Crippen LogP contribution >= 0.6 is 0 Å². The molecular formula is C14H17F3N2O. The lowest BCUT2D eigenvalue weighted by Gasteiger charge is -2.21. The monoisotopic (exact) mass is 286 g/mol. The first-order chi connectivity index (χ1) is 9.34. The van der Waals surface area contributed by atoms with Crippen molar-refractivity contribution in [2.24, 2.45) is 5.92 Å². The highest BCUT2D eigenvalue weighted by Crippen LogP contribution is 2.23. The molecule has 0 aliphatic rings. The normalized spacial score (nSPS) is 13.1. The predicted molar refractivity (Wildman–Crippen MR) is 68.9 cm³/mol. The van der Waals surface area contributed by atoms with Gasteiger partial charge in [-0.25, -0.2) is 0 Å². The fourth-order valence-corrected chi connectivity index (χ4v) is 1.79. The number of ether oxygens (including phenoxy) is 1. The Balaban J connectivity index is 2.62. The summed E-state index contributed by atoms with van der Waals surface area (Å²) in [6.07, 6.45) is -4.67. The molecule has 1 aromatic rings. The van der Waals surface area contributed by atoms with Crippen LogP contribution in [-0.2, 0) is 6.54 Å². The summed E-state index contributed by atoms with van der Waals surface area (Å²) in [4.78, 5) is 2.06. The average Bonchev–Trinajstić information content (AvgIpc) is 2.38. The van der Waals surface area contributed by atoms with E-state index in [0.717, 1.165) is 12.1 Å². The molecular weight excluding hydrogens is 269 g/mol. The maximum absolute atomic E-state index is 12.0. The summed E-state index contributed by atoms with van der Waals surface area (Å²) >= 11 is 0. The van der Waals surface area contributed by atoms with Gasteiger partial charge in [0.2, 0.25) is 0 Å². The van der Waals surface area contributed by atoms with Crippen LogP contribution in [0.1, 0.15) is 19.4 Å². The lowest BCUT2D eigenvalue weighted by Crippen LogP contribution is -2.27. The third-order valence-corrected chi connectivity index (χ3v) is 2.76. The van der Waals surface area contributed by atoms with Crippen molar-refractivity contribution in [1.29, 1.82) is 5.26 Å². The molecule has 20 heavy (non-hydrogen) atoms. The van der Waals surface area contributed by atoms with Crippen LogP contribution in [0.4, 0.5) is 13.2 Å². The number of hydrogen-bond acceptors (Lipinski definition) is 3. The number of rotatable bonds is 6. The zero-order valence-corrected chi connectivity index (χ0v) is 11.4. The molecule has 0 radical (unpaired) electrons. The van der Waals surface area contributed by atoms with Gasteiger partial charge in [0, 0.05) is 13.1 Å². The Morgan fingerprint density at radius 1 is 1.30 bits per heavy atom. The smallest absolute Gasteiger partial charge is 0.406 e. The SMILES string of the molecule is CCN(Cc1ccc(OC(F)(F)F)cc1)CC(C)C#N. The van der Waals surface area contributed by atoms with E-state index in [1.807, 2.05) is 13.8 Å². The number of hydrogen-bond donors (Lipinski definition) is 0. The van der Waals surface area contributed by atoms with Gasteiger partial charge < -0.3 is 4.74 Å². The zero-order valence-electron chi connectivity index (χ0n) is 11.4. The van der Waals surface area contributed by atoms with Crippen LogP contribution in [0.3, 0.4) is 0 Å². The van der Waals surface area contributed by atoms with Crippen LogP contribution < -0.4 is 4.74 Å². The molecule has 1 atom stereocenters. The summed E-state index contributed by atoms with van der Waals surface area (Å²) in [7, 11) is 0. The highest BCUT2D eigenvalue weighted by atomic mass is 19.4. The molecule has 1 aromatic carbocycles. The third-order valence-electron chi connectivity index (χ3n) is 2.76. The highest BCUT2D eigenvalue weighted by Gasteiger charge is 2.30. The van der Waals surface area contributed by atoms with E-state index in [1.165, 1.54) is 12.1 Å². The fourth-order valence-electron chi connectivity index (χ4n) is 1.79. The van der Waals surface area contributed by atoms with Crippen molar-refractivity contribution < 1.29 is 17.9 Å². The van der Waals surface area contributed by atoms with Crippen LogP contribution in [0.15, 0.2) is 24.3 Å². The second-order valence-electron chi connectivity index (χ2n) is 4.55. The molecule has 0 saturated carbocycles. The summed E-state index contributed by atoms with van der Waals surface area (Å²) in [6, 6.07) is 7.95. The summed E-state index contributed by atoms with van der Waals surface area (Å²) in [5.74, 6) is -0.308. The first kappa shape index (κ1) is 16.3. The number of benzene rings is 1. The van der Waals surface area contributed by atoms with Crippen molar-refractivity contribution in [3.8, 4) is 11.8 Å². The Hall–Kier alpha value is -1.74. The number of nitrogens with zero attached hydrogens (tertiary/aromatic N) is 2. The lowest BCUT2D eigenvalue weighted by atomic mass is 10.1. The Morgan fingerprint density at radius 3 is 2.35 bits per heavy atom. The first-order valence-corrected chi connectivity index (χ1v) is 6.30. The van der Waals surface area contributed by atoms with Crippen LogP contribution in [0.25, 0.3) is 0 Å². The molecule has 0 N–H and O–H groups in total.